The molecule has 9 nitrogen and oxygen atoms in total. The molecule has 1 atom stereocenters. The summed E-state index contributed by atoms with van der Waals surface area (Å²) in [6.45, 7) is 10.0. The van der Waals surface area contributed by atoms with Crippen LogP contribution in [0.4, 0.5) is 0 Å². The van der Waals surface area contributed by atoms with Crippen LogP contribution in [0.3, 0.4) is 0 Å². The molecule has 1 saturated carbocycles. The number of rotatable bonds is 8. The van der Waals surface area contributed by atoms with E-state index in [4.69, 9.17) is 4.74 Å². The molecule has 1 aliphatic carbocycles. The van der Waals surface area contributed by atoms with Gasteiger partial charge in [-0.2, -0.15) is 0 Å². The largest absolute Gasteiger partial charge is 0.377 e. The van der Waals surface area contributed by atoms with Crippen molar-refractivity contribution < 1.29 is 9.53 Å². The fourth-order valence-corrected chi connectivity index (χ4v) is 6.84. The first kappa shape index (κ1) is 26.9. The lowest BCUT2D eigenvalue weighted by Gasteiger charge is -2.44. The third kappa shape index (κ3) is 5.13. The summed E-state index contributed by atoms with van der Waals surface area (Å²) in [6, 6.07) is 2.64. The number of pyridine rings is 1. The number of aromatic amines is 1. The summed E-state index contributed by atoms with van der Waals surface area (Å²) in [5, 5.41) is 6.78. The molecule has 0 unspecified atom stereocenters. The van der Waals surface area contributed by atoms with Gasteiger partial charge in [-0.3, -0.25) is 14.6 Å². The van der Waals surface area contributed by atoms with Gasteiger partial charge in [-0.05, 0) is 71.6 Å². The number of fused-ring (bicyclic) bond motifs is 1. The Balaban J connectivity index is 1.35. The van der Waals surface area contributed by atoms with Crippen molar-refractivity contribution in [1.82, 2.24) is 30.2 Å². The molecule has 1 saturated heterocycles. The molecule has 2 aliphatic rings. The van der Waals surface area contributed by atoms with Crippen LogP contribution < -0.4 is 16.2 Å². The van der Waals surface area contributed by atoms with Crippen molar-refractivity contribution in [1.29, 1.82) is 0 Å². The lowest BCUT2D eigenvalue weighted by Crippen LogP contribution is -2.61. The number of nitrogens with one attached hydrogen (secondary N) is 3. The van der Waals surface area contributed by atoms with Gasteiger partial charge < -0.3 is 24.9 Å². The highest BCUT2D eigenvalue weighted by Gasteiger charge is 2.37. The number of aromatic nitrogens is 4. The Morgan fingerprint density at radius 2 is 1.95 bits per heavy atom. The van der Waals surface area contributed by atoms with Crippen LogP contribution in [0.25, 0.3) is 11.2 Å². The number of hydrogen-bond acceptors (Lipinski definition) is 7. The second kappa shape index (κ2) is 10.8. The molecule has 1 aliphatic heterocycles. The minimum Gasteiger partial charge on any atom is -0.377 e. The number of ether oxygens (including phenoxy) is 1. The molecule has 2 fully saturated rings. The summed E-state index contributed by atoms with van der Waals surface area (Å²) >= 11 is 1.50. The van der Waals surface area contributed by atoms with E-state index in [2.05, 4.69) is 44.0 Å². The fourth-order valence-electron chi connectivity index (χ4n) is 6.14. The molecule has 1 amide bonds. The Morgan fingerprint density at radius 3 is 2.61 bits per heavy atom. The highest BCUT2D eigenvalue weighted by Crippen LogP contribution is 2.37. The fraction of sp³-hybridized carbons (Fsp3) is 0.571. The maximum absolute atomic E-state index is 13.5. The minimum atomic E-state index is -0.241. The quantitative estimate of drug-likeness (QED) is 0.373. The first-order valence-electron chi connectivity index (χ1n) is 13.4. The van der Waals surface area contributed by atoms with Gasteiger partial charge in [0.15, 0.2) is 5.65 Å². The van der Waals surface area contributed by atoms with E-state index < -0.39 is 0 Å². The van der Waals surface area contributed by atoms with Crippen molar-refractivity contribution in [2.45, 2.75) is 82.4 Å². The van der Waals surface area contributed by atoms with E-state index in [1.165, 1.54) is 11.8 Å². The molecule has 3 aromatic heterocycles. The Hall–Kier alpha value is -2.69. The summed E-state index contributed by atoms with van der Waals surface area (Å²) in [5.41, 5.74) is 4.03. The molecule has 10 heteroatoms. The lowest BCUT2D eigenvalue weighted by atomic mass is 9.81. The monoisotopic (exact) mass is 538 g/mol. The molecule has 5 rings (SSSR count). The number of thioether (sulfide) groups is 1. The Kier molecular flexibility index (Phi) is 7.66. The number of H-pyrrole nitrogens is 1. The number of aryl methyl sites for hydroxylation is 1. The summed E-state index contributed by atoms with van der Waals surface area (Å²) in [6.07, 6.45) is 9.74. The third-order valence-corrected chi connectivity index (χ3v) is 9.03. The number of nitrogens with zero attached hydrogens (tertiary/aromatic N) is 3. The van der Waals surface area contributed by atoms with Crippen LogP contribution in [0.5, 0.6) is 0 Å². The van der Waals surface area contributed by atoms with Gasteiger partial charge in [0.25, 0.3) is 11.5 Å². The smallest absolute Gasteiger partial charge is 0.255 e. The molecular formula is C28H38N6O3S. The Labute approximate surface area is 227 Å². The molecule has 0 spiro atoms. The number of hydrogen-bond donors (Lipinski definition) is 3. The molecule has 3 aromatic rings. The van der Waals surface area contributed by atoms with Gasteiger partial charge in [0, 0.05) is 52.9 Å². The average molecular weight is 539 g/mol. The van der Waals surface area contributed by atoms with Gasteiger partial charge in [0.1, 0.15) is 5.52 Å². The minimum absolute atomic E-state index is 0.119. The van der Waals surface area contributed by atoms with Crippen LogP contribution >= 0.6 is 11.8 Å². The zero-order valence-electron chi connectivity index (χ0n) is 22.9. The molecule has 0 aromatic carbocycles. The second-order valence-electron chi connectivity index (χ2n) is 11.1. The van der Waals surface area contributed by atoms with Crippen LogP contribution in [0.2, 0.25) is 0 Å². The predicted octanol–water partition coefficient (Wildman–Crippen LogP) is 3.89. The molecule has 0 bridgehead atoms. The van der Waals surface area contributed by atoms with E-state index >= 15 is 0 Å². The van der Waals surface area contributed by atoms with Crippen LogP contribution in [0.15, 0.2) is 28.2 Å². The highest BCUT2D eigenvalue weighted by molar-refractivity contribution is 7.98. The molecule has 38 heavy (non-hydrogen) atoms. The number of carbonyl (C=O) groups is 1. The van der Waals surface area contributed by atoms with E-state index in [0.29, 0.717) is 28.6 Å². The number of carbonyl (C=O) groups excluding carboxylic acids is 1. The van der Waals surface area contributed by atoms with Gasteiger partial charge in [-0.15, -0.1) is 11.8 Å². The van der Waals surface area contributed by atoms with Crippen LogP contribution in [-0.4, -0.2) is 56.5 Å². The van der Waals surface area contributed by atoms with Crippen LogP contribution in [0.1, 0.15) is 72.9 Å². The summed E-state index contributed by atoms with van der Waals surface area (Å²) in [5.74, 6) is 0.246. The lowest BCUT2D eigenvalue weighted by molar-refractivity contribution is -0.0719. The van der Waals surface area contributed by atoms with Gasteiger partial charge >= 0.3 is 0 Å². The molecule has 4 heterocycles. The highest BCUT2D eigenvalue weighted by atomic mass is 32.2. The van der Waals surface area contributed by atoms with Crippen molar-refractivity contribution in [3.8, 4) is 0 Å². The topological polar surface area (TPSA) is 114 Å². The second-order valence-corrected chi connectivity index (χ2v) is 12.0. The summed E-state index contributed by atoms with van der Waals surface area (Å²) in [4.78, 5) is 39.0. The van der Waals surface area contributed by atoms with E-state index in [-0.39, 0.29) is 29.6 Å². The van der Waals surface area contributed by atoms with Crippen molar-refractivity contribution in [3.63, 3.8) is 0 Å². The normalized spacial score (nSPS) is 21.7. The number of amides is 1. The molecule has 0 radical (unpaired) electrons. The van der Waals surface area contributed by atoms with Crippen molar-refractivity contribution >= 4 is 28.8 Å². The first-order valence-corrected chi connectivity index (χ1v) is 14.6. The van der Waals surface area contributed by atoms with E-state index in [1.807, 2.05) is 26.2 Å². The van der Waals surface area contributed by atoms with Crippen molar-refractivity contribution in [3.05, 3.63) is 51.3 Å². The van der Waals surface area contributed by atoms with Gasteiger partial charge in [-0.1, -0.05) is 0 Å². The van der Waals surface area contributed by atoms with Gasteiger partial charge in [0.2, 0.25) is 0 Å². The van der Waals surface area contributed by atoms with Crippen molar-refractivity contribution in [2.24, 2.45) is 5.92 Å². The summed E-state index contributed by atoms with van der Waals surface area (Å²) < 4.78 is 7.60. The zero-order chi connectivity index (χ0) is 27.0. The van der Waals surface area contributed by atoms with Crippen molar-refractivity contribution in [2.75, 3.05) is 19.5 Å². The summed E-state index contributed by atoms with van der Waals surface area (Å²) in [7, 11) is 0. The van der Waals surface area contributed by atoms with Crippen LogP contribution in [0, 0.1) is 19.8 Å². The first-order chi connectivity index (χ1) is 18.2. The van der Waals surface area contributed by atoms with Gasteiger partial charge in [-0.25, -0.2) is 4.98 Å². The van der Waals surface area contributed by atoms with E-state index in [0.717, 1.165) is 60.8 Å². The Bertz CT molecular complexity index is 1390. The third-order valence-electron chi connectivity index (χ3n) is 8.22. The van der Waals surface area contributed by atoms with E-state index in [9.17, 15) is 9.59 Å². The zero-order valence-corrected chi connectivity index (χ0v) is 23.7. The SMILES string of the molecule is CSc1cc(C)[nH]c(=O)c1CNC(=O)c1c(C)n([C@H](C)C2CCC(NC3(C)COC3)CC2)c2nccnc12. The van der Waals surface area contributed by atoms with Gasteiger partial charge in [0.05, 0.1) is 24.3 Å². The van der Waals surface area contributed by atoms with Crippen LogP contribution in [-0.2, 0) is 11.3 Å². The maximum Gasteiger partial charge on any atom is 0.255 e. The maximum atomic E-state index is 13.5. The average Bonchev–Trinajstić information content (AvgIpc) is 3.18. The molecule has 204 valence electrons. The molecular weight excluding hydrogens is 500 g/mol. The standard InChI is InChI=1S/C28H38N6O3S/c1-16-12-22(38-5)21(26(35)32-16)13-31-27(36)23-18(3)34(25-24(23)29-10-11-30-25)17(2)19-6-8-20(9-7-19)33-28(4)14-37-15-28/h10-12,17,19-20,33H,6-9,13-15H2,1-5H3,(H,31,36)(H,32,35)/t17-,19?,20?/m1/s1. The predicted molar refractivity (Wildman–Crippen MR) is 150 cm³/mol. The van der Waals surface area contributed by atoms with E-state index in [1.54, 1.807) is 12.4 Å². The Morgan fingerprint density at radius 1 is 1.24 bits per heavy atom. The molecule has 3 N–H and O–H groups in total.